The van der Waals surface area contributed by atoms with Gasteiger partial charge in [0, 0.05) is 23.2 Å². The highest BCUT2D eigenvalue weighted by Crippen LogP contribution is 2.31. The minimum absolute atomic E-state index is 0.0179. The van der Waals surface area contributed by atoms with E-state index in [-0.39, 0.29) is 19.0 Å². The van der Waals surface area contributed by atoms with Gasteiger partial charge in [-0.15, -0.1) is 22.7 Å². The van der Waals surface area contributed by atoms with Gasteiger partial charge in [-0.2, -0.15) is 0 Å². The maximum atomic E-state index is 14.2. The van der Waals surface area contributed by atoms with E-state index in [1.807, 2.05) is 35.0 Å². The highest BCUT2D eigenvalue weighted by atomic mass is 32.1. The Morgan fingerprint density at radius 3 is 1.35 bits per heavy atom. The first kappa shape index (κ1) is 35.8. The number of aryl methyl sites for hydroxylation is 2. The smallest absolute Gasteiger partial charge is 0.159 e. The molecular formula is C39H52N2O3S2. The zero-order valence-corrected chi connectivity index (χ0v) is 29.5. The summed E-state index contributed by atoms with van der Waals surface area (Å²) in [5.74, 6) is 0.526. The Balaban J connectivity index is 1.33. The van der Waals surface area contributed by atoms with Crippen LogP contribution in [0.4, 0.5) is 0 Å². The van der Waals surface area contributed by atoms with Crippen LogP contribution in [0.25, 0.3) is 0 Å². The van der Waals surface area contributed by atoms with Gasteiger partial charge in [-0.05, 0) is 61.1 Å². The van der Waals surface area contributed by atoms with Crippen molar-refractivity contribution in [2.75, 3.05) is 13.2 Å². The van der Waals surface area contributed by atoms with Crippen LogP contribution in [0, 0.1) is 0 Å². The van der Waals surface area contributed by atoms with Gasteiger partial charge in [0.15, 0.2) is 5.78 Å². The van der Waals surface area contributed by atoms with Gasteiger partial charge in [0.25, 0.3) is 0 Å². The van der Waals surface area contributed by atoms with E-state index in [2.05, 4.69) is 48.1 Å². The highest BCUT2D eigenvalue weighted by molar-refractivity contribution is 7.10. The Morgan fingerprint density at radius 1 is 0.587 bits per heavy atom. The largest absolute Gasteiger partial charge is 0.492 e. The van der Waals surface area contributed by atoms with E-state index in [1.165, 1.54) is 111 Å². The molecule has 0 spiro atoms. The van der Waals surface area contributed by atoms with Crippen molar-refractivity contribution in [1.29, 1.82) is 0 Å². The van der Waals surface area contributed by atoms with Crippen LogP contribution < -0.4 is 9.47 Å². The molecule has 0 saturated heterocycles. The number of ether oxygens (including phenoxy) is 2. The van der Waals surface area contributed by atoms with Crippen molar-refractivity contribution in [3.05, 3.63) is 92.8 Å². The number of hydrogen-bond acceptors (Lipinski definition) is 7. The average Bonchev–Trinajstić information content (AvgIpc) is 3.82. The molecule has 248 valence electrons. The predicted molar refractivity (Wildman–Crippen MR) is 193 cm³/mol. The van der Waals surface area contributed by atoms with Gasteiger partial charge in [0.1, 0.15) is 46.6 Å². The fraction of sp³-hybridized carbons (Fsp3) is 0.513. The molecule has 0 amide bonds. The minimum atomic E-state index is -0.514. The first-order valence-electron chi connectivity index (χ1n) is 17.4. The fourth-order valence-electron chi connectivity index (χ4n) is 5.69. The van der Waals surface area contributed by atoms with Crippen LogP contribution in [0.1, 0.15) is 124 Å². The third-order valence-corrected chi connectivity index (χ3v) is 10.3. The van der Waals surface area contributed by atoms with Crippen molar-refractivity contribution in [1.82, 2.24) is 9.97 Å². The average molecular weight is 661 g/mol. The molecule has 2 aromatic heterocycles. The summed E-state index contributed by atoms with van der Waals surface area (Å²) >= 11 is 2.97. The van der Waals surface area contributed by atoms with E-state index in [0.717, 1.165) is 34.4 Å². The van der Waals surface area contributed by atoms with E-state index in [9.17, 15) is 4.79 Å². The van der Waals surface area contributed by atoms with Crippen LogP contribution >= 0.6 is 22.7 Å². The summed E-state index contributed by atoms with van der Waals surface area (Å²) in [5.41, 5.74) is 2.65. The second-order valence-electron chi connectivity index (χ2n) is 12.2. The van der Waals surface area contributed by atoms with Gasteiger partial charge in [-0.25, -0.2) is 9.97 Å². The van der Waals surface area contributed by atoms with Crippen molar-refractivity contribution in [2.45, 2.75) is 116 Å². The standard InChI is InChI=1S/C39H52N2O3S2/c1-3-5-7-9-11-13-15-31-17-21-33(22-18-31)43-29-35(38-40-25-27-45-38)37(42)36(39-41-26-28-46-39)30-44-34-23-19-32(20-24-34)16-14-12-10-8-6-4-2/h17-28,35-36H,3-16,29-30H2,1-2H3. The Bertz CT molecular complexity index is 1240. The summed E-state index contributed by atoms with van der Waals surface area (Å²) in [7, 11) is 0. The number of hydrogen-bond donors (Lipinski definition) is 0. The molecule has 0 aliphatic rings. The molecule has 0 bridgehead atoms. The summed E-state index contributed by atoms with van der Waals surface area (Å²) in [5, 5.41) is 5.33. The summed E-state index contributed by atoms with van der Waals surface area (Å²) in [6.07, 6.45) is 21.2. The molecule has 5 nitrogen and oxygen atoms in total. The van der Waals surface area contributed by atoms with Crippen LogP contribution in [0.3, 0.4) is 0 Å². The molecule has 0 aliphatic carbocycles. The van der Waals surface area contributed by atoms with Gasteiger partial charge in [-0.1, -0.05) is 102 Å². The van der Waals surface area contributed by atoms with Gasteiger partial charge in [0.05, 0.1) is 0 Å². The maximum absolute atomic E-state index is 14.2. The number of thiazole rings is 2. The number of carbonyl (C=O) groups is 1. The number of nitrogens with zero attached hydrogens (tertiary/aromatic N) is 2. The Kier molecular flexibility index (Phi) is 16.3. The Hall–Kier alpha value is -3.03. The summed E-state index contributed by atoms with van der Waals surface area (Å²) < 4.78 is 12.5. The number of ketones is 1. The molecule has 0 radical (unpaired) electrons. The van der Waals surface area contributed by atoms with Crippen LogP contribution in [0.15, 0.2) is 71.7 Å². The third kappa shape index (κ3) is 12.3. The second-order valence-corrected chi connectivity index (χ2v) is 14.0. The zero-order valence-electron chi connectivity index (χ0n) is 27.8. The van der Waals surface area contributed by atoms with E-state index >= 15 is 0 Å². The summed E-state index contributed by atoms with van der Waals surface area (Å²) in [4.78, 5) is 23.2. The lowest BCUT2D eigenvalue weighted by molar-refractivity contribution is -0.123. The van der Waals surface area contributed by atoms with E-state index in [1.54, 1.807) is 12.4 Å². The van der Waals surface area contributed by atoms with Crippen molar-refractivity contribution in [3.8, 4) is 11.5 Å². The van der Waals surface area contributed by atoms with Crippen molar-refractivity contribution in [2.24, 2.45) is 0 Å². The number of rotatable bonds is 24. The number of benzene rings is 2. The first-order chi connectivity index (χ1) is 22.7. The summed E-state index contributed by atoms with van der Waals surface area (Å²) in [6, 6.07) is 16.7. The van der Waals surface area contributed by atoms with Crippen LogP contribution in [-0.2, 0) is 17.6 Å². The number of carbonyl (C=O) groups excluding carboxylic acids is 1. The molecule has 2 unspecified atom stereocenters. The molecule has 7 heteroatoms. The molecule has 0 aliphatic heterocycles. The molecule has 4 rings (SSSR count). The van der Waals surface area contributed by atoms with Crippen molar-refractivity contribution in [3.63, 3.8) is 0 Å². The molecule has 0 fully saturated rings. The van der Waals surface area contributed by atoms with E-state index in [4.69, 9.17) is 9.47 Å². The molecule has 0 N–H and O–H groups in total. The molecule has 2 atom stereocenters. The number of aromatic nitrogens is 2. The number of Topliss-reactive ketones (excluding diaryl/α,β-unsaturated/α-hetero) is 1. The van der Waals surface area contributed by atoms with Crippen molar-refractivity contribution >= 4 is 28.5 Å². The second kappa shape index (κ2) is 21.0. The van der Waals surface area contributed by atoms with Crippen LogP contribution in [0.2, 0.25) is 0 Å². The summed E-state index contributed by atoms with van der Waals surface area (Å²) in [6.45, 7) is 4.95. The molecule has 0 saturated carbocycles. The van der Waals surface area contributed by atoms with Crippen LogP contribution in [-0.4, -0.2) is 29.0 Å². The Morgan fingerprint density at radius 2 is 0.978 bits per heavy atom. The van der Waals surface area contributed by atoms with Gasteiger partial charge in [-0.3, -0.25) is 4.79 Å². The number of unbranched alkanes of at least 4 members (excludes halogenated alkanes) is 10. The molecule has 2 aromatic carbocycles. The minimum Gasteiger partial charge on any atom is -0.492 e. The molecule has 2 heterocycles. The van der Waals surface area contributed by atoms with Crippen molar-refractivity contribution < 1.29 is 14.3 Å². The monoisotopic (exact) mass is 660 g/mol. The SMILES string of the molecule is CCCCCCCCc1ccc(OCC(C(=O)C(COc2ccc(CCCCCCCC)cc2)c2nccs2)c2nccs2)cc1. The quantitative estimate of drug-likeness (QED) is 0.0700. The van der Waals surface area contributed by atoms with Gasteiger partial charge >= 0.3 is 0 Å². The maximum Gasteiger partial charge on any atom is 0.159 e. The molecular weight excluding hydrogens is 609 g/mol. The van der Waals surface area contributed by atoms with E-state index in [0.29, 0.717) is 0 Å². The van der Waals surface area contributed by atoms with E-state index < -0.39 is 11.8 Å². The van der Waals surface area contributed by atoms with Gasteiger partial charge < -0.3 is 9.47 Å². The van der Waals surface area contributed by atoms with Gasteiger partial charge in [0.2, 0.25) is 0 Å². The Labute approximate surface area is 284 Å². The lowest BCUT2D eigenvalue weighted by Gasteiger charge is -2.21. The lowest BCUT2D eigenvalue weighted by atomic mass is 9.94. The molecule has 46 heavy (non-hydrogen) atoms. The third-order valence-electron chi connectivity index (χ3n) is 8.50. The molecule has 4 aromatic rings. The zero-order chi connectivity index (χ0) is 32.2. The predicted octanol–water partition coefficient (Wildman–Crippen LogP) is 11.0. The lowest BCUT2D eigenvalue weighted by Crippen LogP contribution is -2.29. The fourth-order valence-corrected chi connectivity index (χ4v) is 7.15. The highest BCUT2D eigenvalue weighted by Gasteiger charge is 2.34. The normalized spacial score (nSPS) is 12.6. The first-order valence-corrected chi connectivity index (χ1v) is 19.2. The topological polar surface area (TPSA) is 61.3 Å². The van der Waals surface area contributed by atoms with Crippen LogP contribution in [0.5, 0.6) is 11.5 Å².